The Labute approximate surface area is 81.5 Å². The average molecular weight is 203 g/mol. The Balaban J connectivity index is 3.04. The highest BCUT2D eigenvalue weighted by Crippen LogP contribution is 2.20. The third-order valence-electron chi connectivity index (χ3n) is 1.39. The van der Waals surface area contributed by atoms with Crippen LogP contribution in [0.1, 0.15) is 5.56 Å². The van der Waals surface area contributed by atoms with Crippen molar-refractivity contribution < 1.29 is 4.39 Å². The molecule has 1 aromatic carbocycles. The molecule has 12 heavy (non-hydrogen) atoms. The quantitative estimate of drug-likeness (QED) is 0.699. The van der Waals surface area contributed by atoms with E-state index >= 15 is 0 Å². The van der Waals surface area contributed by atoms with E-state index in [0.29, 0.717) is 16.3 Å². The molecule has 0 saturated heterocycles. The first-order valence-corrected chi connectivity index (χ1v) is 4.48. The van der Waals surface area contributed by atoms with Gasteiger partial charge in [-0.2, -0.15) is 12.6 Å². The van der Waals surface area contributed by atoms with Gasteiger partial charge in [0.15, 0.2) is 0 Å². The lowest BCUT2D eigenvalue weighted by Crippen LogP contribution is -1.82. The van der Waals surface area contributed by atoms with Crippen LogP contribution >= 0.6 is 24.2 Å². The predicted molar refractivity (Wildman–Crippen MR) is 54.3 cm³/mol. The van der Waals surface area contributed by atoms with Crippen molar-refractivity contribution in [3.8, 4) is 0 Å². The minimum Gasteiger partial charge on any atom is -0.206 e. The molecule has 0 atom stereocenters. The lowest BCUT2D eigenvalue weighted by atomic mass is 10.2. The Bertz CT molecular complexity index is 276. The minimum atomic E-state index is -0.305. The summed E-state index contributed by atoms with van der Waals surface area (Å²) in [5.74, 6) is 0.269. The van der Waals surface area contributed by atoms with Crippen LogP contribution in [0, 0.1) is 5.82 Å². The van der Waals surface area contributed by atoms with Crippen molar-refractivity contribution >= 4 is 30.3 Å². The number of hydrogen-bond donors (Lipinski definition) is 1. The third kappa shape index (κ3) is 2.26. The van der Waals surface area contributed by atoms with Gasteiger partial charge in [0.2, 0.25) is 0 Å². The number of thiol groups is 1. The van der Waals surface area contributed by atoms with Gasteiger partial charge in [-0.1, -0.05) is 29.8 Å². The van der Waals surface area contributed by atoms with Crippen LogP contribution in [0.15, 0.2) is 24.3 Å². The average Bonchev–Trinajstić information content (AvgIpc) is 2.04. The molecule has 0 heterocycles. The Morgan fingerprint density at radius 1 is 1.50 bits per heavy atom. The van der Waals surface area contributed by atoms with Crippen LogP contribution in [-0.4, -0.2) is 5.75 Å². The first kappa shape index (κ1) is 9.62. The lowest BCUT2D eigenvalue weighted by molar-refractivity contribution is 0.625. The minimum absolute atomic E-state index is 0.305. The first-order chi connectivity index (χ1) is 5.75. The van der Waals surface area contributed by atoms with Crippen LogP contribution < -0.4 is 0 Å². The van der Waals surface area contributed by atoms with E-state index < -0.39 is 0 Å². The molecule has 1 aromatic rings. The van der Waals surface area contributed by atoms with Crippen LogP contribution in [0.2, 0.25) is 5.02 Å². The highest BCUT2D eigenvalue weighted by Gasteiger charge is 2.01. The second-order valence-corrected chi connectivity index (χ2v) is 2.99. The molecule has 0 aromatic heterocycles. The molecule has 0 aliphatic carbocycles. The summed E-state index contributed by atoms with van der Waals surface area (Å²) in [6.07, 6.45) is 3.37. The van der Waals surface area contributed by atoms with Crippen LogP contribution in [0.5, 0.6) is 0 Å². The molecule has 0 nitrogen and oxygen atoms in total. The fourth-order valence-corrected chi connectivity index (χ4v) is 1.17. The van der Waals surface area contributed by atoms with Crippen LogP contribution in [-0.2, 0) is 0 Å². The molecule has 1 rings (SSSR count). The maximum Gasteiger partial charge on any atom is 0.131 e. The Morgan fingerprint density at radius 2 is 2.25 bits per heavy atom. The van der Waals surface area contributed by atoms with Crippen molar-refractivity contribution in [2.75, 3.05) is 5.75 Å². The smallest absolute Gasteiger partial charge is 0.131 e. The zero-order chi connectivity index (χ0) is 8.97. The normalized spacial score (nSPS) is 10.9. The second kappa shape index (κ2) is 4.53. The van der Waals surface area contributed by atoms with Crippen LogP contribution in [0.25, 0.3) is 6.08 Å². The van der Waals surface area contributed by atoms with E-state index in [9.17, 15) is 4.39 Å². The van der Waals surface area contributed by atoms with Gasteiger partial charge in [0.25, 0.3) is 0 Å². The zero-order valence-corrected chi connectivity index (χ0v) is 7.95. The van der Waals surface area contributed by atoms with Gasteiger partial charge in [-0.05, 0) is 12.1 Å². The highest BCUT2D eigenvalue weighted by atomic mass is 35.5. The molecule has 0 unspecified atom stereocenters. The zero-order valence-electron chi connectivity index (χ0n) is 6.30. The van der Waals surface area contributed by atoms with Crippen LogP contribution in [0.4, 0.5) is 4.39 Å². The SMILES string of the molecule is Fc1cccc(Cl)c1C=CCS. The molecule has 0 amide bonds. The fourth-order valence-electron chi connectivity index (χ4n) is 0.840. The summed E-state index contributed by atoms with van der Waals surface area (Å²) in [5.41, 5.74) is 0.424. The van der Waals surface area contributed by atoms with E-state index in [1.165, 1.54) is 6.07 Å². The molecular weight excluding hydrogens is 195 g/mol. The molecule has 0 bridgehead atoms. The van der Waals surface area contributed by atoms with Crippen molar-refractivity contribution in [2.24, 2.45) is 0 Å². The molecule has 0 saturated carbocycles. The number of halogens is 2. The molecule has 0 aliphatic rings. The van der Waals surface area contributed by atoms with Gasteiger partial charge >= 0.3 is 0 Å². The van der Waals surface area contributed by atoms with Crippen molar-refractivity contribution in [3.05, 3.63) is 40.7 Å². The van der Waals surface area contributed by atoms with E-state index in [-0.39, 0.29) is 5.82 Å². The summed E-state index contributed by atoms with van der Waals surface area (Å²) in [7, 11) is 0. The topological polar surface area (TPSA) is 0 Å². The van der Waals surface area contributed by atoms with Gasteiger partial charge in [-0.25, -0.2) is 4.39 Å². The van der Waals surface area contributed by atoms with Crippen molar-refractivity contribution in [1.82, 2.24) is 0 Å². The number of benzene rings is 1. The molecule has 0 spiro atoms. The summed E-state index contributed by atoms with van der Waals surface area (Å²) in [6, 6.07) is 4.61. The Morgan fingerprint density at radius 3 is 2.83 bits per heavy atom. The van der Waals surface area contributed by atoms with E-state index in [4.69, 9.17) is 11.6 Å². The van der Waals surface area contributed by atoms with Gasteiger partial charge in [0.05, 0.1) is 5.02 Å². The standard InChI is InChI=1S/C9H8ClFS/c10-8-4-1-5-9(11)7(8)3-2-6-12/h1-5,12H,6H2. The number of rotatable bonds is 2. The molecular formula is C9H8ClFS. The summed E-state index contributed by atoms with van der Waals surface area (Å²) < 4.78 is 13.0. The molecule has 0 aliphatic heterocycles. The Hall–Kier alpha value is -0.470. The fraction of sp³-hybridized carbons (Fsp3) is 0.111. The molecule has 3 heteroatoms. The maximum absolute atomic E-state index is 13.0. The molecule has 0 N–H and O–H groups in total. The maximum atomic E-state index is 13.0. The third-order valence-corrected chi connectivity index (χ3v) is 1.93. The largest absolute Gasteiger partial charge is 0.206 e. The Kier molecular flexibility index (Phi) is 3.63. The monoisotopic (exact) mass is 202 g/mol. The van der Waals surface area contributed by atoms with E-state index in [2.05, 4.69) is 12.6 Å². The molecule has 64 valence electrons. The lowest BCUT2D eigenvalue weighted by Gasteiger charge is -1.98. The number of hydrogen-bond acceptors (Lipinski definition) is 1. The summed E-state index contributed by atoms with van der Waals surface area (Å²) in [4.78, 5) is 0. The van der Waals surface area contributed by atoms with E-state index in [1.54, 1.807) is 24.3 Å². The summed E-state index contributed by atoms with van der Waals surface area (Å²) in [5, 5.41) is 0.424. The summed E-state index contributed by atoms with van der Waals surface area (Å²) in [6.45, 7) is 0. The van der Waals surface area contributed by atoms with E-state index in [1.807, 2.05) is 0 Å². The summed E-state index contributed by atoms with van der Waals surface area (Å²) >= 11 is 9.72. The van der Waals surface area contributed by atoms with Gasteiger partial charge in [0.1, 0.15) is 5.82 Å². The van der Waals surface area contributed by atoms with Gasteiger partial charge in [0, 0.05) is 11.3 Å². The highest BCUT2D eigenvalue weighted by molar-refractivity contribution is 7.80. The second-order valence-electron chi connectivity index (χ2n) is 2.22. The van der Waals surface area contributed by atoms with Crippen LogP contribution in [0.3, 0.4) is 0 Å². The first-order valence-electron chi connectivity index (χ1n) is 3.47. The van der Waals surface area contributed by atoms with Gasteiger partial charge in [-0.15, -0.1) is 0 Å². The van der Waals surface area contributed by atoms with Gasteiger partial charge < -0.3 is 0 Å². The van der Waals surface area contributed by atoms with Crippen molar-refractivity contribution in [3.63, 3.8) is 0 Å². The molecule has 0 radical (unpaired) electrons. The van der Waals surface area contributed by atoms with E-state index in [0.717, 1.165) is 0 Å². The van der Waals surface area contributed by atoms with Gasteiger partial charge in [-0.3, -0.25) is 0 Å². The predicted octanol–water partition coefficient (Wildman–Crippen LogP) is 3.42. The van der Waals surface area contributed by atoms with Crippen molar-refractivity contribution in [2.45, 2.75) is 0 Å². The van der Waals surface area contributed by atoms with Crippen molar-refractivity contribution in [1.29, 1.82) is 0 Å². The molecule has 0 fully saturated rings.